The molecule has 1 N–H and O–H groups in total. The maximum absolute atomic E-state index is 12.2. The Kier molecular flexibility index (Phi) is 4.62. The molecule has 20 heavy (non-hydrogen) atoms. The molecule has 0 atom stereocenters. The van der Waals surface area contributed by atoms with Gasteiger partial charge < -0.3 is 5.11 Å². The molecule has 6 heteroatoms. The van der Waals surface area contributed by atoms with Crippen molar-refractivity contribution in [3.05, 3.63) is 53.1 Å². The van der Waals surface area contributed by atoms with E-state index in [1.165, 1.54) is 12.1 Å². The first-order valence-corrected chi connectivity index (χ1v) is 6.81. The van der Waals surface area contributed by atoms with Crippen LogP contribution in [0, 0.1) is 0 Å². The van der Waals surface area contributed by atoms with E-state index < -0.39 is 11.7 Å². The summed E-state index contributed by atoms with van der Waals surface area (Å²) in [7, 11) is 0. The highest BCUT2D eigenvalue weighted by molar-refractivity contribution is 7.99. The van der Waals surface area contributed by atoms with Gasteiger partial charge in [0.1, 0.15) is 0 Å². The molecule has 2 rings (SSSR count). The number of carboxylic acid groups (broad SMARTS) is 1. The summed E-state index contributed by atoms with van der Waals surface area (Å²) < 4.78 is 24.4. The molecule has 0 saturated heterocycles. The average Bonchev–Trinajstić information content (AvgIpc) is 2.39. The van der Waals surface area contributed by atoms with Crippen LogP contribution in [-0.2, 0) is 0 Å². The highest BCUT2D eigenvalue weighted by Crippen LogP contribution is 2.31. The van der Waals surface area contributed by atoms with Gasteiger partial charge in [-0.15, -0.1) is 0 Å². The quantitative estimate of drug-likeness (QED) is 0.805. The van der Waals surface area contributed by atoms with Gasteiger partial charge in [-0.2, -0.15) is 8.78 Å². The topological polar surface area (TPSA) is 37.3 Å². The molecule has 0 unspecified atom stereocenters. The van der Waals surface area contributed by atoms with Crippen LogP contribution in [0.1, 0.15) is 10.4 Å². The van der Waals surface area contributed by atoms with Crippen LogP contribution < -0.4 is 0 Å². The Morgan fingerprint density at radius 3 is 2.30 bits per heavy atom. The van der Waals surface area contributed by atoms with Crippen LogP contribution in [0.15, 0.2) is 47.4 Å². The highest BCUT2D eigenvalue weighted by Gasteiger charge is 2.10. The van der Waals surface area contributed by atoms with Gasteiger partial charge in [0.25, 0.3) is 5.76 Å². The van der Waals surface area contributed by atoms with Crippen molar-refractivity contribution < 1.29 is 18.7 Å². The largest absolute Gasteiger partial charge is 0.478 e. The van der Waals surface area contributed by atoms with E-state index >= 15 is 0 Å². The molecule has 0 spiro atoms. The highest BCUT2D eigenvalue weighted by atomic mass is 35.5. The van der Waals surface area contributed by atoms with E-state index in [0.717, 1.165) is 5.56 Å². The van der Waals surface area contributed by atoms with Gasteiger partial charge >= 0.3 is 5.97 Å². The molecule has 0 radical (unpaired) electrons. The van der Waals surface area contributed by atoms with Crippen molar-refractivity contribution in [3.63, 3.8) is 0 Å². The van der Waals surface area contributed by atoms with Crippen molar-refractivity contribution >= 4 is 29.3 Å². The van der Waals surface area contributed by atoms with Crippen molar-refractivity contribution in [1.82, 2.24) is 0 Å². The summed E-state index contributed by atoms with van der Waals surface area (Å²) in [4.78, 5) is 11.3. The minimum absolute atomic E-state index is 0.101. The number of halogens is 3. The number of benzene rings is 2. The second kappa shape index (κ2) is 6.24. The van der Waals surface area contributed by atoms with Crippen LogP contribution >= 0.6 is 23.4 Å². The summed E-state index contributed by atoms with van der Waals surface area (Å²) in [6.07, 6.45) is 0. The van der Waals surface area contributed by atoms with Crippen LogP contribution in [0.25, 0.3) is 11.1 Å². The van der Waals surface area contributed by atoms with Gasteiger partial charge in [-0.3, -0.25) is 0 Å². The van der Waals surface area contributed by atoms with Crippen molar-refractivity contribution in [2.75, 3.05) is 0 Å². The number of thioether (sulfide) groups is 1. The monoisotopic (exact) mass is 314 g/mol. The Balaban J connectivity index is 2.30. The molecule has 0 aliphatic rings. The summed E-state index contributed by atoms with van der Waals surface area (Å²) in [6.45, 7) is 0. The molecule has 2 nitrogen and oxygen atoms in total. The summed E-state index contributed by atoms with van der Waals surface area (Å²) >= 11 is 6.51. The zero-order valence-corrected chi connectivity index (χ0v) is 11.6. The number of carbonyl (C=O) groups is 1. The van der Waals surface area contributed by atoms with E-state index in [4.69, 9.17) is 16.7 Å². The molecule has 0 saturated carbocycles. The van der Waals surface area contributed by atoms with Crippen LogP contribution in [0.5, 0.6) is 0 Å². The maximum atomic E-state index is 12.2. The predicted molar refractivity (Wildman–Crippen MR) is 75.7 cm³/mol. The minimum atomic E-state index is -2.46. The third kappa shape index (κ3) is 3.49. The van der Waals surface area contributed by atoms with E-state index in [1.807, 2.05) is 0 Å². The number of aromatic carboxylic acids is 1. The van der Waals surface area contributed by atoms with Crippen molar-refractivity contribution in [1.29, 1.82) is 0 Å². The Bertz CT molecular complexity index is 630. The van der Waals surface area contributed by atoms with Crippen LogP contribution in [-0.4, -0.2) is 16.8 Å². The molecule has 0 aliphatic carbocycles. The Labute approximate surface area is 123 Å². The second-order valence-corrected chi connectivity index (χ2v) is 5.37. The normalized spacial score (nSPS) is 10.8. The van der Waals surface area contributed by atoms with Crippen molar-refractivity contribution in [3.8, 4) is 11.1 Å². The third-order valence-corrected chi connectivity index (χ3v) is 3.64. The van der Waals surface area contributed by atoms with Crippen molar-refractivity contribution in [2.45, 2.75) is 10.7 Å². The zero-order valence-electron chi connectivity index (χ0n) is 10.0. The fourth-order valence-electron chi connectivity index (χ4n) is 1.70. The van der Waals surface area contributed by atoms with E-state index in [0.29, 0.717) is 27.2 Å². The summed E-state index contributed by atoms with van der Waals surface area (Å²) in [5.41, 5.74) is 1.50. The zero-order chi connectivity index (χ0) is 14.7. The Hall–Kier alpha value is -1.59. The van der Waals surface area contributed by atoms with E-state index in [2.05, 4.69) is 0 Å². The summed E-state index contributed by atoms with van der Waals surface area (Å²) in [6, 6.07) is 10.9. The smallest absolute Gasteiger partial charge is 0.335 e. The van der Waals surface area contributed by atoms with Crippen LogP contribution in [0.3, 0.4) is 0 Å². The Morgan fingerprint density at radius 1 is 1.15 bits per heavy atom. The van der Waals surface area contributed by atoms with E-state index in [1.54, 1.807) is 30.3 Å². The first kappa shape index (κ1) is 14.8. The lowest BCUT2D eigenvalue weighted by atomic mass is 10.0. The molecule has 0 aromatic heterocycles. The molecule has 2 aromatic rings. The van der Waals surface area contributed by atoms with Crippen molar-refractivity contribution in [2.24, 2.45) is 0 Å². The first-order valence-electron chi connectivity index (χ1n) is 5.55. The number of carboxylic acids is 1. The van der Waals surface area contributed by atoms with E-state index in [9.17, 15) is 13.6 Å². The molecule has 104 valence electrons. The molecular weight excluding hydrogens is 306 g/mol. The van der Waals surface area contributed by atoms with Gasteiger partial charge in [0.2, 0.25) is 0 Å². The fourth-order valence-corrected chi connectivity index (χ4v) is 2.49. The molecule has 0 aliphatic heterocycles. The lowest BCUT2D eigenvalue weighted by molar-refractivity contribution is 0.0697. The van der Waals surface area contributed by atoms with Crippen LogP contribution in [0.2, 0.25) is 5.02 Å². The number of hydrogen-bond donors (Lipinski definition) is 1. The van der Waals surface area contributed by atoms with Gasteiger partial charge in [-0.05, 0) is 29.8 Å². The van der Waals surface area contributed by atoms with E-state index in [-0.39, 0.29) is 5.56 Å². The fraction of sp³-hybridized carbons (Fsp3) is 0.0714. The SMILES string of the molecule is O=C(O)c1ccc(-c2ccc(SC(F)F)cc2)c(Cl)c1. The molecular formula is C14H9ClF2O2S. The number of alkyl halides is 2. The number of hydrogen-bond acceptors (Lipinski definition) is 2. The average molecular weight is 315 g/mol. The lowest BCUT2D eigenvalue weighted by Gasteiger charge is -2.07. The van der Waals surface area contributed by atoms with Gasteiger partial charge in [0.15, 0.2) is 0 Å². The molecule has 0 heterocycles. The molecule has 0 amide bonds. The predicted octanol–water partition coefficient (Wildman–Crippen LogP) is 5.02. The van der Waals surface area contributed by atoms with Crippen LogP contribution in [0.4, 0.5) is 8.78 Å². The molecule has 2 aromatic carbocycles. The van der Waals surface area contributed by atoms with Gasteiger partial charge in [-0.25, -0.2) is 4.79 Å². The Morgan fingerprint density at radius 2 is 1.80 bits per heavy atom. The molecule has 0 fully saturated rings. The first-order chi connectivity index (χ1) is 9.47. The minimum Gasteiger partial charge on any atom is -0.478 e. The van der Waals surface area contributed by atoms with Gasteiger partial charge in [-0.1, -0.05) is 41.6 Å². The maximum Gasteiger partial charge on any atom is 0.335 e. The summed E-state index contributed by atoms with van der Waals surface area (Å²) in [5, 5.41) is 9.16. The third-order valence-electron chi connectivity index (χ3n) is 2.61. The van der Waals surface area contributed by atoms with Gasteiger partial charge in [0, 0.05) is 15.5 Å². The molecule has 0 bridgehead atoms. The standard InChI is InChI=1S/C14H9ClF2O2S/c15-12-7-9(13(18)19)3-6-11(12)8-1-4-10(5-2-8)20-14(16)17/h1-7,14H,(H,18,19). The second-order valence-electron chi connectivity index (χ2n) is 3.90. The number of rotatable bonds is 4. The summed E-state index contributed by atoms with van der Waals surface area (Å²) in [5.74, 6) is -3.51. The van der Waals surface area contributed by atoms with Gasteiger partial charge in [0.05, 0.1) is 5.56 Å². The lowest BCUT2D eigenvalue weighted by Crippen LogP contribution is -1.95.